The van der Waals surface area contributed by atoms with E-state index in [0.717, 1.165) is 59.7 Å². The van der Waals surface area contributed by atoms with E-state index < -0.39 is 5.41 Å². The molecule has 3 aromatic heterocycles. The number of hydrogen-bond donors (Lipinski definition) is 2. The van der Waals surface area contributed by atoms with Gasteiger partial charge in [0.2, 0.25) is 0 Å². The van der Waals surface area contributed by atoms with Crippen LogP contribution < -0.4 is 0 Å². The molecule has 7 nitrogen and oxygen atoms in total. The SMILES string of the molecule is CCCCc1nc2c(C(C)C3(c4nnn[nH]4)C=CC(OCc4ccccc4)=CC3)scc2[nH]1. The third-order valence-electron chi connectivity index (χ3n) is 6.47. The van der Waals surface area contributed by atoms with E-state index in [1.54, 1.807) is 11.3 Å². The summed E-state index contributed by atoms with van der Waals surface area (Å²) in [7, 11) is 0. The highest BCUT2D eigenvalue weighted by Gasteiger charge is 2.42. The Morgan fingerprint density at radius 2 is 2.12 bits per heavy atom. The van der Waals surface area contributed by atoms with Crippen LogP contribution in [0.25, 0.3) is 11.0 Å². The van der Waals surface area contributed by atoms with Gasteiger partial charge in [-0.05, 0) is 41.0 Å². The molecule has 0 saturated carbocycles. The van der Waals surface area contributed by atoms with Gasteiger partial charge in [0.15, 0.2) is 5.82 Å². The van der Waals surface area contributed by atoms with Crippen LogP contribution in [-0.2, 0) is 23.2 Å². The number of aryl methyl sites for hydroxylation is 1. The van der Waals surface area contributed by atoms with E-state index in [9.17, 15) is 0 Å². The van der Waals surface area contributed by atoms with Crippen molar-refractivity contribution in [3.05, 3.63) is 81.8 Å². The molecule has 170 valence electrons. The molecule has 0 bridgehead atoms. The molecule has 3 heterocycles. The largest absolute Gasteiger partial charge is 0.489 e. The molecule has 1 aromatic carbocycles. The van der Waals surface area contributed by atoms with Crippen LogP contribution in [-0.4, -0.2) is 30.6 Å². The zero-order valence-electron chi connectivity index (χ0n) is 18.9. The van der Waals surface area contributed by atoms with Gasteiger partial charge in [0.25, 0.3) is 0 Å². The summed E-state index contributed by atoms with van der Waals surface area (Å²) < 4.78 is 6.06. The second kappa shape index (κ2) is 9.31. The van der Waals surface area contributed by atoms with Gasteiger partial charge >= 0.3 is 0 Å². The lowest BCUT2D eigenvalue weighted by atomic mass is 9.70. The van der Waals surface area contributed by atoms with Crippen molar-refractivity contribution in [1.29, 1.82) is 0 Å². The lowest BCUT2D eigenvalue weighted by molar-refractivity contribution is 0.206. The highest BCUT2D eigenvalue weighted by Crippen LogP contribution is 2.47. The normalized spacial score (nSPS) is 19.0. The maximum Gasteiger partial charge on any atom is 0.159 e. The van der Waals surface area contributed by atoms with Crippen molar-refractivity contribution in [2.24, 2.45) is 0 Å². The molecule has 0 aliphatic heterocycles. The fraction of sp³-hybridized carbons (Fsp3) is 0.360. The number of aromatic amines is 2. The summed E-state index contributed by atoms with van der Waals surface area (Å²) in [4.78, 5) is 9.68. The Hall–Kier alpha value is -3.26. The number of thiophene rings is 1. The van der Waals surface area contributed by atoms with Crippen molar-refractivity contribution in [2.45, 2.75) is 57.5 Å². The zero-order chi connectivity index (χ0) is 22.7. The number of nitrogens with one attached hydrogen (secondary N) is 2. The summed E-state index contributed by atoms with van der Waals surface area (Å²) in [6.45, 7) is 4.99. The number of H-pyrrole nitrogens is 2. The molecule has 2 N–H and O–H groups in total. The van der Waals surface area contributed by atoms with Crippen molar-refractivity contribution in [2.75, 3.05) is 0 Å². The first-order chi connectivity index (χ1) is 16.2. The number of imidazole rings is 1. The molecule has 2 unspecified atom stereocenters. The molecule has 4 aromatic rings. The molecule has 33 heavy (non-hydrogen) atoms. The van der Waals surface area contributed by atoms with Gasteiger partial charge in [-0.25, -0.2) is 10.1 Å². The number of hydrogen-bond acceptors (Lipinski definition) is 6. The number of benzene rings is 1. The van der Waals surface area contributed by atoms with Crippen LogP contribution in [0.4, 0.5) is 0 Å². The van der Waals surface area contributed by atoms with Crippen LogP contribution in [0.3, 0.4) is 0 Å². The number of allylic oxidation sites excluding steroid dienone is 3. The number of fused-ring (bicyclic) bond motifs is 1. The van der Waals surface area contributed by atoms with Gasteiger partial charge in [0.1, 0.15) is 23.7 Å². The molecule has 5 rings (SSSR count). The van der Waals surface area contributed by atoms with Crippen LogP contribution in [0.5, 0.6) is 0 Å². The van der Waals surface area contributed by atoms with E-state index in [0.29, 0.717) is 6.61 Å². The molecule has 0 fully saturated rings. The van der Waals surface area contributed by atoms with Gasteiger partial charge in [0, 0.05) is 22.6 Å². The van der Waals surface area contributed by atoms with Crippen LogP contribution in [0.15, 0.2) is 59.7 Å². The summed E-state index contributed by atoms with van der Waals surface area (Å²) in [5.41, 5.74) is 2.92. The number of aromatic nitrogens is 6. The molecule has 1 aliphatic rings. The number of rotatable bonds is 9. The van der Waals surface area contributed by atoms with Gasteiger partial charge < -0.3 is 9.72 Å². The Balaban J connectivity index is 1.41. The second-order valence-corrected chi connectivity index (χ2v) is 9.49. The summed E-state index contributed by atoms with van der Waals surface area (Å²) in [5, 5.41) is 17.3. The fourth-order valence-electron chi connectivity index (χ4n) is 4.44. The summed E-state index contributed by atoms with van der Waals surface area (Å²) in [6.07, 6.45) is 10.4. The third kappa shape index (κ3) is 4.23. The van der Waals surface area contributed by atoms with E-state index in [4.69, 9.17) is 9.72 Å². The Labute approximate surface area is 197 Å². The number of unbranched alkanes of at least 4 members (excludes halogenated alkanes) is 1. The Morgan fingerprint density at radius 3 is 2.85 bits per heavy atom. The highest BCUT2D eigenvalue weighted by atomic mass is 32.1. The minimum atomic E-state index is -0.399. The molecular formula is C25H28N6OS. The Morgan fingerprint density at radius 1 is 1.24 bits per heavy atom. The fourth-order valence-corrected chi connectivity index (χ4v) is 5.53. The standard InChI is InChI=1S/C25H28N6OS/c1-3-4-10-21-26-20-16-33-23(22(20)27-21)17(2)25(24-28-30-31-29-24)13-11-19(12-14-25)32-15-18-8-6-5-7-9-18/h5-9,11-13,16-17H,3-4,10,14-15H2,1-2H3,(H,26,27)(H,28,29,30,31). The van der Waals surface area contributed by atoms with Gasteiger partial charge in [-0.3, -0.25) is 0 Å². The van der Waals surface area contributed by atoms with Gasteiger partial charge in [0.05, 0.1) is 10.9 Å². The summed E-state index contributed by atoms with van der Waals surface area (Å²) in [5.74, 6) is 2.81. The van der Waals surface area contributed by atoms with Crippen molar-refractivity contribution in [3.63, 3.8) is 0 Å². The molecule has 0 spiro atoms. The van der Waals surface area contributed by atoms with Crippen LogP contribution in [0.1, 0.15) is 61.1 Å². The number of ether oxygens (including phenoxy) is 1. The lowest BCUT2D eigenvalue weighted by Crippen LogP contribution is -2.32. The number of nitrogens with zero attached hydrogens (tertiary/aromatic N) is 4. The predicted octanol–water partition coefficient (Wildman–Crippen LogP) is 5.58. The van der Waals surface area contributed by atoms with Crippen molar-refractivity contribution >= 4 is 22.4 Å². The predicted molar refractivity (Wildman–Crippen MR) is 130 cm³/mol. The first-order valence-electron chi connectivity index (χ1n) is 11.5. The average Bonchev–Trinajstić information content (AvgIpc) is 3.60. The molecule has 0 amide bonds. The summed E-state index contributed by atoms with van der Waals surface area (Å²) >= 11 is 1.75. The molecule has 8 heteroatoms. The number of tetrazole rings is 1. The van der Waals surface area contributed by atoms with E-state index in [1.165, 1.54) is 4.88 Å². The minimum Gasteiger partial charge on any atom is -0.489 e. The van der Waals surface area contributed by atoms with Crippen LogP contribution in [0, 0.1) is 0 Å². The maximum absolute atomic E-state index is 6.06. The van der Waals surface area contributed by atoms with E-state index in [2.05, 4.69) is 69.1 Å². The Bertz CT molecular complexity index is 1260. The van der Waals surface area contributed by atoms with Crippen molar-refractivity contribution in [3.8, 4) is 0 Å². The van der Waals surface area contributed by atoms with Crippen LogP contribution >= 0.6 is 11.3 Å². The lowest BCUT2D eigenvalue weighted by Gasteiger charge is -2.35. The quantitative estimate of drug-likeness (QED) is 0.340. The van der Waals surface area contributed by atoms with Crippen molar-refractivity contribution < 1.29 is 4.74 Å². The monoisotopic (exact) mass is 460 g/mol. The molecule has 1 aliphatic carbocycles. The van der Waals surface area contributed by atoms with Gasteiger partial charge in [-0.2, -0.15) is 0 Å². The maximum atomic E-state index is 6.06. The highest BCUT2D eigenvalue weighted by molar-refractivity contribution is 7.11. The third-order valence-corrected chi connectivity index (χ3v) is 7.63. The molecular weight excluding hydrogens is 432 g/mol. The summed E-state index contributed by atoms with van der Waals surface area (Å²) in [6, 6.07) is 10.2. The first-order valence-corrected chi connectivity index (χ1v) is 12.3. The van der Waals surface area contributed by atoms with Gasteiger partial charge in [-0.1, -0.05) is 56.7 Å². The first kappa shape index (κ1) is 21.6. The molecule has 0 radical (unpaired) electrons. The second-order valence-electron chi connectivity index (χ2n) is 8.58. The average molecular weight is 461 g/mol. The van der Waals surface area contributed by atoms with Crippen molar-refractivity contribution in [1.82, 2.24) is 30.6 Å². The van der Waals surface area contributed by atoms with Gasteiger partial charge in [-0.15, -0.1) is 16.4 Å². The smallest absolute Gasteiger partial charge is 0.159 e. The van der Waals surface area contributed by atoms with E-state index in [1.807, 2.05) is 24.3 Å². The van der Waals surface area contributed by atoms with Crippen LogP contribution in [0.2, 0.25) is 0 Å². The zero-order valence-corrected chi connectivity index (χ0v) is 19.7. The molecule has 0 saturated heterocycles. The van der Waals surface area contributed by atoms with E-state index in [-0.39, 0.29) is 5.92 Å². The van der Waals surface area contributed by atoms with E-state index >= 15 is 0 Å². The minimum absolute atomic E-state index is 0.125. The Kier molecular flexibility index (Phi) is 6.09. The topological polar surface area (TPSA) is 92.4 Å². The molecule has 2 atom stereocenters.